The van der Waals surface area contributed by atoms with Crippen molar-refractivity contribution in [2.75, 3.05) is 0 Å². The summed E-state index contributed by atoms with van der Waals surface area (Å²) < 4.78 is 1.19. The molecule has 0 saturated heterocycles. The molecule has 0 aliphatic rings. The number of hydrogen-bond acceptors (Lipinski definition) is 2. The van der Waals surface area contributed by atoms with Crippen LogP contribution in [0.15, 0.2) is 24.4 Å². The molecule has 66 valence electrons. The number of aromatic nitrogens is 2. The number of rotatable bonds is 0. The van der Waals surface area contributed by atoms with E-state index in [2.05, 4.69) is 5.10 Å². The maximum absolute atomic E-state index is 10.9. The average Bonchev–Trinajstić information content (AvgIpc) is 2.46. The van der Waals surface area contributed by atoms with E-state index in [0.29, 0.717) is 0 Å². The highest BCUT2D eigenvalue weighted by molar-refractivity contribution is 5.89. The van der Waals surface area contributed by atoms with Crippen LogP contribution in [0.1, 0.15) is 5.56 Å². The highest BCUT2D eigenvalue weighted by Gasteiger charge is 2.05. The number of amides is 1. The van der Waals surface area contributed by atoms with Gasteiger partial charge in [-0.05, 0) is 19.1 Å². The van der Waals surface area contributed by atoms with Gasteiger partial charge < -0.3 is 5.73 Å². The first kappa shape index (κ1) is 7.79. The molecule has 0 unspecified atom stereocenters. The molecular weight excluding hydrogens is 166 g/mol. The third kappa shape index (κ3) is 1.16. The fraction of sp³-hybridized carbons (Fsp3) is 0.111. The maximum Gasteiger partial charge on any atom is 0.340 e. The first-order valence-electron chi connectivity index (χ1n) is 3.92. The van der Waals surface area contributed by atoms with Gasteiger partial charge in [0.2, 0.25) is 0 Å². The van der Waals surface area contributed by atoms with Crippen molar-refractivity contribution < 1.29 is 4.79 Å². The number of nitrogens with two attached hydrogens (primary N) is 1. The van der Waals surface area contributed by atoms with Gasteiger partial charge in [0.1, 0.15) is 0 Å². The van der Waals surface area contributed by atoms with Gasteiger partial charge in [0.05, 0.1) is 11.7 Å². The third-order valence-corrected chi connectivity index (χ3v) is 1.93. The van der Waals surface area contributed by atoms with Crippen LogP contribution in [-0.2, 0) is 0 Å². The smallest absolute Gasteiger partial charge is 0.340 e. The Bertz CT molecular complexity index is 473. The topological polar surface area (TPSA) is 60.9 Å². The van der Waals surface area contributed by atoms with Crippen LogP contribution >= 0.6 is 0 Å². The van der Waals surface area contributed by atoms with Gasteiger partial charge in [-0.25, -0.2) is 4.79 Å². The Kier molecular flexibility index (Phi) is 1.55. The molecule has 4 heteroatoms. The summed E-state index contributed by atoms with van der Waals surface area (Å²) in [5.41, 5.74) is 7.01. The van der Waals surface area contributed by atoms with Crippen LogP contribution in [0.3, 0.4) is 0 Å². The highest BCUT2D eigenvalue weighted by Crippen LogP contribution is 2.14. The van der Waals surface area contributed by atoms with Crippen molar-refractivity contribution in [3.63, 3.8) is 0 Å². The van der Waals surface area contributed by atoms with E-state index in [1.807, 2.05) is 25.1 Å². The van der Waals surface area contributed by atoms with Crippen LogP contribution in [-0.4, -0.2) is 15.8 Å². The number of carbonyl (C=O) groups is 1. The fourth-order valence-corrected chi connectivity index (χ4v) is 1.33. The Morgan fingerprint density at radius 2 is 2.31 bits per heavy atom. The minimum absolute atomic E-state index is 0.557. The summed E-state index contributed by atoms with van der Waals surface area (Å²) in [4.78, 5) is 10.9. The van der Waals surface area contributed by atoms with E-state index in [0.717, 1.165) is 16.5 Å². The number of carbonyl (C=O) groups excluding carboxylic acids is 1. The summed E-state index contributed by atoms with van der Waals surface area (Å²) in [5, 5.41) is 4.81. The lowest BCUT2D eigenvalue weighted by Crippen LogP contribution is -2.20. The molecule has 0 aliphatic carbocycles. The summed E-state index contributed by atoms with van der Waals surface area (Å²) in [5.74, 6) is 0. The summed E-state index contributed by atoms with van der Waals surface area (Å²) in [6.07, 6.45) is 1.63. The molecule has 0 spiro atoms. The van der Waals surface area contributed by atoms with Crippen LogP contribution in [0.5, 0.6) is 0 Å². The van der Waals surface area contributed by atoms with E-state index >= 15 is 0 Å². The average molecular weight is 175 g/mol. The second kappa shape index (κ2) is 2.58. The predicted octanol–water partition coefficient (Wildman–Crippen LogP) is 1.27. The minimum Gasteiger partial charge on any atom is -0.350 e. The molecule has 0 radical (unpaired) electrons. The molecule has 0 atom stereocenters. The van der Waals surface area contributed by atoms with Crippen molar-refractivity contribution in [2.24, 2.45) is 5.73 Å². The molecule has 4 nitrogen and oxygen atoms in total. The van der Waals surface area contributed by atoms with Gasteiger partial charge in [-0.1, -0.05) is 11.6 Å². The van der Waals surface area contributed by atoms with Gasteiger partial charge >= 0.3 is 6.03 Å². The monoisotopic (exact) mass is 175 g/mol. The Balaban J connectivity index is 2.76. The van der Waals surface area contributed by atoms with Crippen molar-refractivity contribution in [3.8, 4) is 0 Å². The molecule has 1 amide bonds. The predicted molar refractivity (Wildman–Crippen MR) is 49.5 cm³/mol. The van der Waals surface area contributed by atoms with E-state index in [-0.39, 0.29) is 0 Å². The Morgan fingerprint density at radius 1 is 1.54 bits per heavy atom. The third-order valence-electron chi connectivity index (χ3n) is 1.93. The number of primary amides is 1. The molecule has 2 aromatic rings. The second-order valence-corrected chi connectivity index (χ2v) is 2.96. The first-order chi connectivity index (χ1) is 6.18. The zero-order valence-electron chi connectivity index (χ0n) is 7.19. The first-order valence-corrected chi connectivity index (χ1v) is 3.92. The van der Waals surface area contributed by atoms with E-state index in [1.165, 1.54) is 4.68 Å². The van der Waals surface area contributed by atoms with Crippen molar-refractivity contribution in [3.05, 3.63) is 30.0 Å². The van der Waals surface area contributed by atoms with Crippen LogP contribution < -0.4 is 5.73 Å². The van der Waals surface area contributed by atoms with Crippen LogP contribution in [0.25, 0.3) is 10.9 Å². The summed E-state index contributed by atoms with van der Waals surface area (Å²) in [6.45, 7) is 1.99. The normalized spacial score (nSPS) is 10.5. The van der Waals surface area contributed by atoms with Gasteiger partial charge in [0, 0.05) is 5.39 Å². The van der Waals surface area contributed by atoms with Gasteiger partial charge in [0.15, 0.2) is 0 Å². The van der Waals surface area contributed by atoms with Crippen LogP contribution in [0.4, 0.5) is 4.79 Å². The van der Waals surface area contributed by atoms with Crippen LogP contribution in [0.2, 0.25) is 0 Å². The van der Waals surface area contributed by atoms with E-state index < -0.39 is 6.03 Å². The molecule has 2 rings (SSSR count). The number of benzene rings is 1. The van der Waals surface area contributed by atoms with E-state index in [1.54, 1.807) is 6.20 Å². The minimum atomic E-state index is -0.557. The molecule has 1 aromatic carbocycles. The number of hydrogen-bond donors (Lipinski definition) is 1. The maximum atomic E-state index is 10.9. The van der Waals surface area contributed by atoms with Crippen molar-refractivity contribution in [1.82, 2.24) is 9.78 Å². The summed E-state index contributed by atoms with van der Waals surface area (Å²) in [7, 11) is 0. The fourth-order valence-electron chi connectivity index (χ4n) is 1.33. The standard InChI is InChI=1S/C9H9N3O/c1-6-2-3-8-7(4-6)5-11-12(8)9(10)13/h2-5H,1H3,(H2,10,13). The van der Waals surface area contributed by atoms with Gasteiger partial charge in [-0.3, -0.25) is 0 Å². The lowest BCUT2D eigenvalue weighted by Gasteiger charge is -1.96. The Hall–Kier alpha value is -1.84. The molecule has 1 aromatic heterocycles. The largest absolute Gasteiger partial charge is 0.350 e. The molecule has 1 heterocycles. The summed E-state index contributed by atoms with van der Waals surface area (Å²) in [6, 6.07) is 5.16. The highest BCUT2D eigenvalue weighted by atomic mass is 16.2. The summed E-state index contributed by atoms with van der Waals surface area (Å²) >= 11 is 0. The number of aryl methyl sites for hydroxylation is 1. The molecule has 0 aliphatic heterocycles. The van der Waals surface area contributed by atoms with E-state index in [9.17, 15) is 4.79 Å². The van der Waals surface area contributed by atoms with Crippen molar-refractivity contribution >= 4 is 16.9 Å². The SMILES string of the molecule is Cc1ccc2c(cnn2C(N)=O)c1. The molecule has 13 heavy (non-hydrogen) atoms. The van der Waals surface area contributed by atoms with Gasteiger partial charge in [-0.2, -0.15) is 9.78 Å². The van der Waals surface area contributed by atoms with Gasteiger partial charge in [0.25, 0.3) is 0 Å². The Morgan fingerprint density at radius 3 is 3.00 bits per heavy atom. The van der Waals surface area contributed by atoms with E-state index in [4.69, 9.17) is 5.73 Å². The molecule has 0 saturated carbocycles. The van der Waals surface area contributed by atoms with Crippen LogP contribution in [0, 0.1) is 6.92 Å². The second-order valence-electron chi connectivity index (χ2n) is 2.96. The number of fused-ring (bicyclic) bond motifs is 1. The molecule has 2 N–H and O–H groups in total. The Labute approximate surface area is 75.0 Å². The molecule has 0 bridgehead atoms. The quantitative estimate of drug-likeness (QED) is 0.655. The van der Waals surface area contributed by atoms with Crippen molar-refractivity contribution in [2.45, 2.75) is 6.92 Å². The lowest BCUT2D eigenvalue weighted by atomic mass is 10.2. The zero-order chi connectivity index (χ0) is 9.42. The molecule has 0 fully saturated rings. The van der Waals surface area contributed by atoms with Gasteiger partial charge in [-0.15, -0.1) is 0 Å². The van der Waals surface area contributed by atoms with Crippen molar-refractivity contribution in [1.29, 1.82) is 0 Å². The number of nitrogens with zero attached hydrogens (tertiary/aromatic N) is 2. The molecular formula is C9H9N3O. The zero-order valence-corrected chi connectivity index (χ0v) is 7.19. The lowest BCUT2D eigenvalue weighted by molar-refractivity contribution is 0.248.